The van der Waals surface area contributed by atoms with E-state index in [1.165, 1.54) is 5.69 Å². The summed E-state index contributed by atoms with van der Waals surface area (Å²) in [5.41, 5.74) is 1.80. The maximum atomic E-state index is 10.4. The normalized spacial score (nSPS) is 17.9. The van der Waals surface area contributed by atoms with Crippen molar-refractivity contribution < 1.29 is 5.11 Å². The molecule has 2 atom stereocenters. The molecule has 0 amide bonds. The summed E-state index contributed by atoms with van der Waals surface area (Å²) in [6.45, 7) is 4.21. The van der Waals surface area contributed by atoms with Crippen LogP contribution in [0.15, 0.2) is 54.7 Å². The third kappa shape index (κ3) is 3.91. The van der Waals surface area contributed by atoms with Gasteiger partial charge < -0.3 is 10.0 Å². The van der Waals surface area contributed by atoms with Crippen molar-refractivity contribution in [2.45, 2.75) is 6.10 Å². The molecule has 3 rings (SSSR count). The lowest BCUT2D eigenvalue weighted by molar-refractivity contribution is 0.100. The van der Waals surface area contributed by atoms with Crippen LogP contribution in [-0.4, -0.2) is 47.7 Å². The summed E-state index contributed by atoms with van der Waals surface area (Å²) in [5.74, 6) is -0.469. The Bertz CT molecular complexity index is 663. The summed E-state index contributed by atoms with van der Waals surface area (Å²) in [6.07, 6.45) is 0.800. The second-order valence-electron chi connectivity index (χ2n) is 6.06. The molecule has 1 aliphatic rings. The number of nitriles is 1. The fourth-order valence-electron chi connectivity index (χ4n) is 3.07. The highest BCUT2D eigenvalue weighted by Gasteiger charge is 2.26. The van der Waals surface area contributed by atoms with Gasteiger partial charge in [-0.25, -0.2) is 0 Å². The van der Waals surface area contributed by atoms with Crippen LogP contribution in [-0.2, 0) is 0 Å². The maximum absolute atomic E-state index is 10.4. The molecule has 0 unspecified atom stereocenters. The molecule has 0 spiro atoms. The van der Waals surface area contributed by atoms with Gasteiger partial charge in [-0.2, -0.15) is 5.26 Å². The zero-order valence-corrected chi connectivity index (χ0v) is 13.6. The number of rotatable bonds is 5. The summed E-state index contributed by atoms with van der Waals surface area (Å²) in [5, 5.41) is 19.9. The van der Waals surface area contributed by atoms with Crippen LogP contribution in [0.25, 0.3) is 0 Å². The molecule has 0 bridgehead atoms. The smallest absolute Gasteiger partial charge is 0.113 e. The molecule has 1 aromatic heterocycles. The topological polar surface area (TPSA) is 63.4 Å². The third-order valence-corrected chi connectivity index (χ3v) is 4.49. The number of hydrogen-bond acceptors (Lipinski definition) is 5. The Balaban J connectivity index is 1.56. The van der Waals surface area contributed by atoms with Gasteiger partial charge in [0.05, 0.1) is 17.7 Å². The number of benzene rings is 1. The van der Waals surface area contributed by atoms with Crippen molar-refractivity contribution in [3.8, 4) is 6.07 Å². The van der Waals surface area contributed by atoms with E-state index < -0.39 is 12.0 Å². The fourth-order valence-corrected chi connectivity index (χ4v) is 3.07. The van der Waals surface area contributed by atoms with E-state index in [2.05, 4.69) is 45.1 Å². The van der Waals surface area contributed by atoms with Crippen molar-refractivity contribution in [2.75, 3.05) is 37.6 Å². The Kier molecular flexibility index (Phi) is 5.42. The zero-order valence-electron chi connectivity index (χ0n) is 13.6. The molecule has 1 N–H and O–H groups in total. The molecule has 2 heterocycles. The van der Waals surface area contributed by atoms with E-state index in [-0.39, 0.29) is 0 Å². The lowest BCUT2D eigenvalue weighted by atomic mass is 9.99. The van der Waals surface area contributed by atoms with E-state index in [4.69, 9.17) is 0 Å². The zero-order chi connectivity index (χ0) is 16.8. The Labute approximate surface area is 142 Å². The first-order valence-corrected chi connectivity index (χ1v) is 8.29. The molecular weight excluding hydrogens is 300 g/mol. The molecule has 0 radical (unpaired) electrons. The van der Waals surface area contributed by atoms with Crippen LogP contribution >= 0.6 is 0 Å². The lowest BCUT2D eigenvalue weighted by Gasteiger charge is -2.37. The van der Waals surface area contributed by atoms with E-state index in [1.807, 2.05) is 12.1 Å². The van der Waals surface area contributed by atoms with Crippen LogP contribution in [0.5, 0.6) is 0 Å². The third-order valence-electron chi connectivity index (χ3n) is 4.49. The van der Waals surface area contributed by atoms with E-state index in [0.717, 1.165) is 26.2 Å². The highest BCUT2D eigenvalue weighted by Crippen LogP contribution is 2.22. The number of para-hydroxylation sites is 1. The molecule has 1 aromatic carbocycles. The molecular formula is C19H22N4O. The second kappa shape index (κ2) is 7.91. The van der Waals surface area contributed by atoms with Crippen LogP contribution in [0.4, 0.5) is 5.69 Å². The molecule has 5 nitrogen and oxygen atoms in total. The number of aromatic nitrogens is 1. The van der Waals surface area contributed by atoms with Crippen LogP contribution in [0.2, 0.25) is 0 Å². The number of pyridine rings is 1. The molecule has 5 heteroatoms. The molecule has 24 heavy (non-hydrogen) atoms. The number of aliphatic hydroxyl groups is 1. The maximum Gasteiger partial charge on any atom is 0.113 e. The molecule has 1 fully saturated rings. The standard InChI is InChI=1S/C19H22N4O/c20-14-16(19(24)18-8-4-5-9-21-18)15-22-10-12-23(13-11-22)17-6-2-1-3-7-17/h1-9,16,19,24H,10-13,15H2/t16-,19-/m0/s1. The van der Waals surface area contributed by atoms with Gasteiger partial charge in [-0.1, -0.05) is 24.3 Å². The van der Waals surface area contributed by atoms with E-state index in [1.54, 1.807) is 18.3 Å². The van der Waals surface area contributed by atoms with Gasteiger partial charge in [0.15, 0.2) is 0 Å². The Morgan fingerprint density at radius 2 is 1.75 bits per heavy atom. The second-order valence-corrected chi connectivity index (χ2v) is 6.06. The van der Waals surface area contributed by atoms with E-state index in [9.17, 15) is 10.4 Å². The summed E-state index contributed by atoms with van der Waals surface area (Å²) < 4.78 is 0. The number of aliphatic hydroxyl groups excluding tert-OH is 1. The summed E-state index contributed by atoms with van der Waals surface area (Å²) in [4.78, 5) is 8.77. The first-order valence-electron chi connectivity index (χ1n) is 8.29. The number of piperazine rings is 1. The van der Waals surface area contributed by atoms with Gasteiger partial charge in [-0.15, -0.1) is 0 Å². The predicted molar refractivity (Wildman–Crippen MR) is 93.4 cm³/mol. The van der Waals surface area contributed by atoms with E-state index in [0.29, 0.717) is 12.2 Å². The highest BCUT2D eigenvalue weighted by molar-refractivity contribution is 5.46. The largest absolute Gasteiger partial charge is 0.385 e. The van der Waals surface area contributed by atoms with Crippen molar-refractivity contribution >= 4 is 5.69 Å². The van der Waals surface area contributed by atoms with E-state index >= 15 is 0 Å². The molecule has 2 aromatic rings. The van der Waals surface area contributed by atoms with Crippen LogP contribution in [0.3, 0.4) is 0 Å². The van der Waals surface area contributed by atoms with Crippen molar-refractivity contribution in [3.05, 3.63) is 60.4 Å². The number of nitrogens with zero attached hydrogens (tertiary/aromatic N) is 4. The van der Waals surface area contributed by atoms with Crippen LogP contribution < -0.4 is 4.90 Å². The molecule has 1 aliphatic heterocycles. The Hall–Kier alpha value is -2.42. The fraction of sp³-hybridized carbons (Fsp3) is 0.368. The molecule has 124 valence electrons. The minimum Gasteiger partial charge on any atom is -0.385 e. The van der Waals surface area contributed by atoms with Gasteiger partial charge in [-0.3, -0.25) is 9.88 Å². The van der Waals surface area contributed by atoms with Crippen molar-refractivity contribution in [1.82, 2.24) is 9.88 Å². The van der Waals surface area contributed by atoms with Crippen molar-refractivity contribution in [3.63, 3.8) is 0 Å². The SMILES string of the molecule is N#C[C@@H](CN1CCN(c2ccccc2)CC1)[C@H](O)c1ccccn1. The monoisotopic (exact) mass is 322 g/mol. The first kappa shape index (κ1) is 16.4. The van der Waals surface area contributed by atoms with Crippen molar-refractivity contribution in [1.29, 1.82) is 5.26 Å². The van der Waals surface area contributed by atoms with Gasteiger partial charge in [0, 0.05) is 44.6 Å². The summed E-state index contributed by atoms with van der Waals surface area (Å²) >= 11 is 0. The quantitative estimate of drug-likeness (QED) is 0.913. The van der Waals surface area contributed by atoms with Crippen LogP contribution in [0.1, 0.15) is 11.8 Å². The van der Waals surface area contributed by atoms with Gasteiger partial charge in [0.1, 0.15) is 6.10 Å². The summed E-state index contributed by atoms with van der Waals surface area (Å²) in [7, 11) is 0. The first-order chi connectivity index (χ1) is 11.8. The minimum atomic E-state index is -0.844. The highest BCUT2D eigenvalue weighted by atomic mass is 16.3. The predicted octanol–water partition coefficient (Wildman–Crippen LogP) is 2.08. The molecule has 0 saturated carbocycles. The Morgan fingerprint density at radius 3 is 2.38 bits per heavy atom. The lowest BCUT2D eigenvalue weighted by Crippen LogP contribution is -2.48. The average molecular weight is 322 g/mol. The van der Waals surface area contributed by atoms with Gasteiger partial charge in [0.2, 0.25) is 0 Å². The van der Waals surface area contributed by atoms with Crippen LogP contribution in [0, 0.1) is 17.2 Å². The Morgan fingerprint density at radius 1 is 1.04 bits per heavy atom. The average Bonchev–Trinajstić information content (AvgIpc) is 2.67. The van der Waals surface area contributed by atoms with Gasteiger partial charge >= 0.3 is 0 Å². The molecule has 0 aliphatic carbocycles. The molecule has 1 saturated heterocycles. The summed E-state index contributed by atoms with van der Waals surface area (Å²) in [6, 6.07) is 18.0. The minimum absolute atomic E-state index is 0.469. The number of anilines is 1. The van der Waals surface area contributed by atoms with Gasteiger partial charge in [-0.05, 0) is 24.3 Å². The van der Waals surface area contributed by atoms with Crippen molar-refractivity contribution in [2.24, 2.45) is 5.92 Å². The van der Waals surface area contributed by atoms with Gasteiger partial charge in [0.25, 0.3) is 0 Å². The number of hydrogen-bond donors (Lipinski definition) is 1.